The number of alkyl halides is 4. The van der Waals surface area contributed by atoms with Crippen molar-refractivity contribution < 1.29 is 37.0 Å². The molecule has 0 aromatic heterocycles. The van der Waals surface area contributed by atoms with E-state index in [0.29, 0.717) is 0 Å². The Kier molecular flexibility index (Phi) is 4.72. The Hall–Kier alpha value is -1.38. The second kappa shape index (κ2) is 5.72. The van der Waals surface area contributed by atoms with Gasteiger partial charge in [-0.2, -0.15) is 8.78 Å². The Morgan fingerprint density at radius 1 is 1.32 bits per heavy atom. The summed E-state index contributed by atoms with van der Waals surface area (Å²) in [5.41, 5.74) is -1.45. The summed E-state index contributed by atoms with van der Waals surface area (Å²) in [5.74, 6) is -8.28. The van der Waals surface area contributed by atoms with Gasteiger partial charge in [0, 0.05) is 19.8 Å². The number of halogens is 4. The molecule has 0 bridgehead atoms. The lowest BCUT2D eigenvalue weighted by Gasteiger charge is -2.33. The molecule has 1 heterocycles. The van der Waals surface area contributed by atoms with E-state index in [1.165, 1.54) is 0 Å². The van der Waals surface area contributed by atoms with Gasteiger partial charge in [0.25, 0.3) is 5.91 Å². The van der Waals surface area contributed by atoms with Crippen LogP contribution >= 0.6 is 0 Å². The highest BCUT2D eigenvalue weighted by atomic mass is 19.3. The predicted molar refractivity (Wildman–Crippen MR) is 54.1 cm³/mol. The normalized spacial score (nSPS) is 19.2. The van der Waals surface area contributed by atoms with E-state index in [9.17, 15) is 27.2 Å². The fourth-order valence-corrected chi connectivity index (χ4v) is 1.69. The molecule has 0 aliphatic carbocycles. The molecule has 1 saturated heterocycles. The van der Waals surface area contributed by atoms with E-state index in [1.807, 2.05) is 0 Å². The summed E-state index contributed by atoms with van der Waals surface area (Å²) in [4.78, 5) is 22.1. The van der Waals surface area contributed by atoms with Gasteiger partial charge in [-0.1, -0.05) is 0 Å². The van der Waals surface area contributed by atoms with Crippen molar-refractivity contribution in [1.29, 1.82) is 0 Å². The van der Waals surface area contributed by atoms with Crippen LogP contribution in [0.4, 0.5) is 17.6 Å². The molecule has 110 valence electrons. The minimum Gasteiger partial charge on any atom is -0.481 e. The average Bonchev–Trinajstić information content (AvgIpc) is 2.36. The zero-order chi connectivity index (χ0) is 14.7. The van der Waals surface area contributed by atoms with Crippen molar-refractivity contribution in [2.24, 2.45) is 5.41 Å². The number of hydrogen-bond acceptors (Lipinski definition) is 3. The third-order valence-corrected chi connectivity index (χ3v) is 3.07. The van der Waals surface area contributed by atoms with Crippen LogP contribution in [0.15, 0.2) is 0 Å². The zero-order valence-corrected chi connectivity index (χ0v) is 9.80. The number of amides is 1. The lowest BCUT2D eigenvalue weighted by molar-refractivity contribution is -0.171. The van der Waals surface area contributed by atoms with E-state index >= 15 is 0 Å². The molecule has 0 aromatic rings. The quantitative estimate of drug-likeness (QED) is 0.736. The summed E-state index contributed by atoms with van der Waals surface area (Å²) < 4.78 is 54.2. The summed E-state index contributed by atoms with van der Waals surface area (Å²) in [7, 11) is 0. The largest absolute Gasteiger partial charge is 0.481 e. The van der Waals surface area contributed by atoms with Crippen LogP contribution in [0.25, 0.3) is 0 Å². The van der Waals surface area contributed by atoms with Gasteiger partial charge >= 0.3 is 18.3 Å². The van der Waals surface area contributed by atoms with E-state index in [1.54, 1.807) is 5.32 Å². The smallest absolute Gasteiger partial charge is 0.383 e. The maximum absolute atomic E-state index is 12.7. The monoisotopic (exact) mass is 287 g/mol. The van der Waals surface area contributed by atoms with Crippen LogP contribution in [-0.4, -0.2) is 49.1 Å². The summed E-state index contributed by atoms with van der Waals surface area (Å²) >= 11 is 0. The molecule has 1 aliphatic rings. The van der Waals surface area contributed by atoms with Gasteiger partial charge in [-0.25, -0.2) is 8.78 Å². The Bertz CT molecular complexity index is 355. The summed E-state index contributed by atoms with van der Waals surface area (Å²) in [6.07, 6.45) is -4.10. The maximum Gasteiger partial charge on any atom is 0.383 e. The number of aliphatic carboxylic acids is 1. The van der Waals surface area contributed by atoms with Crippen LogP contribution in [0, 0.1) is 5.41 Å². The second-order valence-electron chi connectivity index (χ2n) is 4.30. The molecular formula is C10H13F4NO4. The minimum atomic E-state index is -4.83. The van der Waals surface area contributed by atoms with E-state index in [4.69, 9.17) is 9.84 Å². The molecule has 1 amide bonds. The molecule has 0 saturated carbocycles. The van der Waals surface area contributed by atoms with Crippen LogP contribution < -0.4 is 5.32 Å². The third kappa shape index (κ3) is 3.34. The SMILES string of the molecule is O=C(O)C1(CNC(=O)C(F)(F)C(F)F)CCOCC1. The molecule has 0 aromatic carbocycles. The summed E-state index contributed by atoms with van der Waals surface area (Å²) in [5, 5.41) is 10.7. The van der Waals surface area contributed by atoms with Gasteiger partial charge in [0.15, 0.2) is 0 Å². The van der Waals surface area contributed by atoms with Gasteiger partial charge in [-0.15, -0.1) is 0 Å². The molecule has 1 fully saturated rings. The molecule has 0 radical (unpaired) electrons. The highest BCUT2D eigenvalue weighted by molar-refractivity contribution is 5.84. The van der Waals surface area contributed by atoms with Crippen molar-refractivity contribution in [2.45, 2.75) is 25.2 Å². The van der Waals surface area contributed by atoms with Crippen molar-refractivity contribution in [2.75, 3.05) is 19.8 Å². The predicted octanol–water partition coefficient (Wildman–Crippen LogP) is 0.884. The van der Waals surface area contributed by atoms with Crippen molar-refractivity contribution in [3.05, 3.63) is 0 Å². The number of carbonyl (C=O) groups is 2. The van der Waals surface area contributed by atoms with Gasteiger partial charge in [-0.3, -0.25) is 9.59 Å². The fourth-order valence-electron chi connectivity index (χ4n) is 1.69. The van der Waals surface area contributed by atoms with Crippen molar-refractivity contribution in [3.63, 3.8) is 0 Å². The summed E-state index contributed by atoms with van der Waals surface area (Å²) in [6, 6.07) is 0. The maximum atomic E-state index is 12.7. The van der Waals surface area contributed by atoms with E-state index < -0.39 is 36.2 Å². The molecule has 5 nitrogen and oxygen atoms in total. The number of carboxylic acid groups (broad SMARTS) is 1. The van der Waals surface area contributed by atoms with Gasteiger partial charge in [0.1, 0.15) is 0 Å². The number of rotatable bonds is 5. The van der Waals surface area contributed by atoms with Crippen LogP contribution in [0.5, 0.6) is 0 Å². The second-order valence-corrected chi connectivity index (χ2v) is 4.30. The van der Waals surface area contributed by atoms with Gasteiger partial charge < -0.3 is 15.2 Å². The molecule has 9 heteroatoms. The van der Waals surface area contributed by atoms with Crippen LogP contribution in [0.3, 0.4) is 0 Å². The molecule has 0 spiro atoms. The highest BCUT2D eigenvalue weighted by Crippen LogP contribution is 2.31. The molecule has 1 aliphatic heterocycles. The Morgan fingerprint density at radius 2 is 1.84 bits per heavy atom. The van der Waals surface area contributed by atoms with Gasteiger partial charge in [0.2, 0.25) is 0 Å². The Labute approximate surface area is 105 Å². The topological polar surface area (TPSA) is 75.6 Å². The first-order valence-electron chi connectivity index (χ1n) is 5.48. The van der Waals surface area contributed by atoms with E-state index in [0.717, 1.165) is 0 Å². The van der Waals surface area contributed by atoms with Crippen LogP contribution in [0.1, 0.15) is 12.8 Å². The van der Waals surface area contributed by atoms with Crippen molar-refractivity contribution in [1.82, 2.24) is 5.32 Å². The first kappa shape index (κ1) is 15.7. The highest BCUT2D eigenvalue weighted by Gasteiger charge is 2.50. The lowest BCUT2D eigenvalue weighted by atomic mass is 9.80. The number of carboxylic acids is 1. The number of hydrogen-bond donors (Lipinski definition) is 2. The van der Waals surface area contributed by atoms with Crippen LogP contribution in [0.2, 0.25) is 0 Å². The summed E-state index contributed by atoms with van der Waals surface area (Å²) in [6.45, 7) is -0.423. The fraction of sp³-hybridized carbons (Fsp3) is 0.800. The van der Waals surface area contributed by atoms with Crippen LogP contribution in [-0.2, 0) is 14.3 Å². The molecule has 2 N–H and O–H groups in total. The molecular weight excluding hydrogens is 274 g/mol. The molecule has 0 unspecified atom stereocenters. The first-order valence-corrected chi connectivity index (χ1v) is 5.48. The number of ether oxygens (including phenoxy) is 1. The van der Waals surface area contributed by atoms with E-state index in [-0.39, 0.29) is 26.1 Å². The third-order valence-electron chi connectivity index (χ3n) is 3.07. The van der Waals surface area contributed by atoms with Gasteiger partial charge in [0.05, 0.1) is 5.41 Å². The van der Waals surface area contributed by atoms with Crippen molar-refractivity contribution in [3.8, 4) is 0 Å². The Balaban J connectivity index is 2.68. The average molecular weight is 287 g/mol. The van der Waals surface area contributed by atoms with Crippen molar-refractivity contribution >= 4 is 11.9 Å². The number of carbonyl (C=O) groups excluding carboxylic acids is 1. The molecule has 1 rings (SSSR count). The minimum absolute atomic E-state index is 0.0167. The molecule has 19 heavy (non-hydrogen) atoms. The lowest BCUT2D eigenvalue weighted by Crippen LogP contribution is -2.52. The van der Waals surface area contributed by atoms with Gasteiger partial charge in [-0.05, 0) is 12.8 Å². The molecule has 0 atom stereocenters. The first-order chi connectivity index (χ1) is 8.72. The zero-order valence-electron chi connectivity index (χ0n) is 9.80. The standard InChI is InChI=1S/C10H13F4NO4/c11-6(12)10(13,14)7(16)15-5-9(8(17)18)1-3-19-4-2-9/h6H,1-5H2,(H,15,16)(H,17,18). The Morgan fingerprint density at radius 3 is 2.26 bits per heavy atom. The van der Waals surface area contributed by atoms with E-state index in [2.05, 4.69) is 0 Å². The number of nitrogens with one attached hydrogen (secondary N) is 1.